The highest BCUT2D eigenvalue weighted by Gasteiger charge is 2.32. The SMILES string of the molecule is Cc1ccc(OCC(=O)N(Cc2ccc(Cl)cc2)[C@@H](Cc2ccccc2)C(=O)NC2CCCCC2)cc1C. The Bertz CT molecular complexity index is 1210. The summed E-state index contributed by atoms with van der Waals surface area (Å²) in [5.74, 6) is 0.284. The number of carbonyl (C=O) groups is 2. The van der Waals surface area contributed by atoms with Crippen LogP contribution < -0.4 is 10.1 Å². The van der Waals surface area contributed by atoms with Gasteiger partial charge >= 0.3 is 0 Å². The van der Waals surface area contributed by atoms with E-state index in [1.807, 2.05) is 74.5 Å². The van der Waals surface area contributed by atoms with Gasteiger partial charge in [-0.3, -0.25) is 9.59 Å². The maximum absolute atomic E-state index is 13.8. The monoisotopic (exact) mass is 532 g/mol. The zero-order valence-corrected chi connectivity index (χ0v) is 23.0. The van der Waals surface area contributed by atoms with E-state index < -0.39 is 6.04 Å². The fraction of sp³-hybridized carbons (Fsp3) is 0.375. The molecule has 1 atom stereocenters. The van der Waals surface area contributed by atoms with E-state index in [9.17, 15) is 9.59 Å². The van der Waals surface area contributed by atoms with Gasteiger partial charge in [-0.15, -0.1) is 0 Å². The second-order valence-electron chi connectivity index (χ2n) is 10.2. The second-order valence-corrected chi connectivity index (χ2v) is 10.7. The maximum Gasteiger partial charge on any atom is 0.261 e. The van der Waals surface area contributed by atoms with Gasteiger partial charge in [0.05, 0.1) is 0 Å². The minimum absolute atomic E-state index is 0.116. The number of benzene rings is 3. The zero-order chi connectivity index (χ0) is 26.9. The summed E-state index contributed by atoms with van der Waals surface area (Å²) in [5, 5.41) is 3.89. The third-order valence-corrected chi connectivity index (χ3v) is 7.58. The maximum atomic E-state index is 13.8. The molecule has 2 amide bonds. The predicted molar refractivity (Wildman–Crippen MR) is 152 cm³/mol. The van der Waals surface area contributed by atoms with Crippen LogP contribution in [0.15, 0.2) is 72.8 Å². The van der Waals surface area contributed by atoms with E-state index in [4.69, 9.17) is 16.3 Å². The van der Waals surface area contributed by atoms with Crippen LogP contribution in [-0.4, -0.2) is 35.4 Å². The van der Waals surface area contributed by atoms with Crippen LogP contribution in [0.5, 0.6) is 5.75 Å². The standard InChI is InChI=1S/C32H37ClN2O3/c1-23-13-18-29(19-24(23)2)38-22-31(36)35(21-26-14-16-27(33)17-15-26)30(20-25-9-5-3-6-10-25)32(37)34-28-11-7-4-8-12-28/h3,5-6,9-10,13-19,28,30H,4,7-8,11-12,20-22H2,1-2H3,(H,34,37)/t30-/m0/s1. The van der Waals surface area contributed by atoms with E-state index in [-0.39, 0.29) is 31.0 Å². The average molecular weight is 533 g/mol. The lowest BCUT2D eigenvalue weighted by molar-refractivity contribution is -0.143. The topological polar surface area (TPSA) is 58.6 Å². The van der Waals surface area contributed by atoms with Crippen LogP contribution >= 0.6 is 11.6 Å². The lowest BCUT2D eigenvalue weighted by Gasteiger charge is -2.33. The van der Waals surface area contributed by atoms with E-state index in [2.05, 4.69) is 5.32 Å². The molecule has 0 radical (unpaired) electrons. The molecule has 1 aliphatic rings. The van der Waals surface area contributed by atoms with Crippen LogP contribution in [0.3, 0.4) is 0 Å². The van der Waals surface area contributed by atoms with Gasteiger partial charge in [-0.2, -0.15) is 0 Å². The summed E-state index contributed by atoms with van der Waals surface area (Å²) in [6.07, 6.45) is 5.81. The van der Waals surface area contributed by atoms with Gasteiger partial charge in [0.15, 0.2) is 6.61 Å². The average Bonchev–Trinajstić information content (AvgIpc) is 2.93. The number of amides is 2. The molecule has 1 aliphatic carbocycles. The Hall–Kier alpha value is -3.31. The van der Waals surface area contributed by atoms with E-state index in [0.29, 0.717) is 17.2 Å². The van der Waals surface area contributed by atoms with Crippen molar-refractivity contribution in [3.05, 3.63) is 100 Å². The van der Waals surface area contributed by atoms with Crippen molar-refractivity contribution in [2.24, 2.45) is 0 Å². The Morgan fingerprint density at radius 3 is 2.32 bits per heavy atom. The van der Waals surface area contributed by atoms with Crippen molar-refractivity contribution in [1.29, 1.82) is 0 Å². The molecule has 1 saturated carbocycles. The van der Waals surface area contributed by atoms with Gasteiger partial charge in [-0.25, -0.2) is 0 Å². The van der Waals surface area contributed by atoms with Gasteiger partial charge in [-0.05, 0) is 73.2 Å². The van der Waals surface area contributed by atoms with Crippen molar-refractivity contribution < 1.29 is 14.3 Å². The summed E-state index contributed by atoms with van der Waals surface area (Å²) in [6.45, 7) is 4.18. The van der Waals surface area contributed by atoms with E-state index in [1.54, 1.807) is 17.0 Å². The van der Waals surface area contributed by atoms with Crippen LogP contribution in [0.25, 0.3) is 0 Å². The van der Waals surface area contributed by atoms with Crippen molar-refractivity contribution in [3.63, 3.8) is 0 Å². The third kappa shape index (κ3) is 7.84. The molecule has 5 nitrogen and oxygen atoms in total. The molecular formula is C32H37ClN2O3. The normalized spacial score (nSPS) is 14.5. The van der Waals surface area contributed by atoms with Crippen molar-refractivity contribution in [1.82, 2.24) is 10.2 Å². The molecule has 3 aromatic rings. The summed E-state index contributed by atoms with van der Waals surface area (Å²) in [7, 11) is 0. The molecule has 0 spiro atoms. The van der Waals surface area contributed by atoms with Crippen LogP contribution in [0.2, 0.25) is 5.02 Å². The molecule has 1 fully saturated rings. The van der Waals surface area contributed by atoms with E-state index >= 15 is 0 Å². The second kappa shape index (κ2) is 13.5. The first-order valence-electron chi connectivity index (χ1n) is 13.5. The molecule has 0 bridgehead atoms. The highest BCUT2D eigenvalue weighted by molar-refractivity contribution is 6.30. The highest BCUT2D eigenvalue weighted by Crippen LogP contribution is 2.21. The number of aryl methyl sites for hydroxylation is 2. The molecule has 6 heteroatoms. The molecule has 0 aliphatic heterocycles. The van der Waals surface area contributed by atoms with Gasteiger partial charge < -0.3 is 15.0 Å². The van der Waals surface area contributed by atoms with Crippen molar-refractivity contribution >= 4 is 23.4 Å². The number of hydrogen-bond acceptors (Lipinski definition) is 3. The zero-order valence-electron chi connectivity index (χ0n) is 22.3. The number of halogens is 1. The Labute approximate surface area is 231 Å². The Morgan fingerprint density at radius 1 is 0.921 bits per heavy atom. The number of nitrogens with zero attached hydrogens (tertiary/aromatic N) is 1. The largest absolute Gasteiger partial charge is 0.484 e. The molecule has 0 saturated heterocycles. The minimum atomic E-state index is -0.675. The first kappa shape index (κ1) is 27.7. The van der Waals surface area contributed by atoms with Crippen LogP contribution in [-0.2, 0) is 22.6 Å². The van der Waals surface area contributed by atoms with Crippen molar-refractivity contribution in [2.75, 3.05) is 6.61 Å². The first-order valence-corrected chi connectivity index (χ1v) is 13.8. The van der Waals surface area contributed by atoms with Gasteiger partial charge in [-0.1, -0.05) is 79.4 Å². The third-order valence-electron chi connectivity index (χ3n) is 7.33. The predicted octanol–water partition coefficient (Wildman–Crippen LogP) is 6.42. The fourth-order valence-corrected chi connectivity index (χ4v) is 5.04. The Morgan fingerprint density at radius 2 is 1.63 bits per heavy atom. The van der Waals surface area contributed by atoms with E-state index in [1.165, 1.54) is 6.42 Å². The number of ether oxygens (including phenoxy) is 1. The number of hydrogen-bond donors (Lipinski definition) is 1. The summed E-state index contributed by atoms with van der Waals surface area (Å²) in [5.41, 5.74) is 4.16. The Kier molecular flexibility index (Phi) is 9.83. The molecule has 200 valence electrons. The quantitative estimate of drug-likeness (QED) is 0.327. The number of rotatable bonds is 10. The number of nitrogens with one attached hydrogen (secondary N) is 1. The Balaban J connectivity index is 1.60. The smallest absolute Gasteiger partial charge is 0.261 e. The van der Waals surface area contributed by atoms with Crippen molar-refractivity contribution in [3.8, 4) is 5.75 Å². The lowest BCUT2D eigenvalue weighted by atomic mass is 9.94. The lowest BCUT2D eigenvalue weighted by Crippen LogP contribution is -2.53. The molecule has 0 unspecified atom stereocenters. The van der Waals surface area contributed by atoms with Crippen LogP contribution in [0.1, 0.15) is 54.4 Å². The van der Waals surface area contributed by atoms with Gasteiger partial charge in [0.25, 0.3) is 5.91 Å². The molecular weight excluding hydrogens is 496 g/mol. The molecule has 0 aromatic heterocycles. The molecule has 4 rings (SSSR count). The van der Waals surface area contributed by atoms with Crippen LogP contribution in [0.4, 0.5) is 0 Å². The summed E-state index contributed by atoms with van der Waals surface area (Å²) >= 11 is 6.12. The molecule has 3 aromatic carbocycles. The molecule has 1 N–H and O–H groups in total. The summed E-state index contributed by atoms with van der Waals surface area (Å²) in [4.78, 5) is 29.2. The van der Waals surface area contributed by atoms with Crippen LogP contribution in [0, 0.1) is 13.8 Å². The minimum Gasteiger partial charge on any atom is -0.484 e. The van der Waals surface area contributed by atoms with Gasteiger partial charge in [0.2, 0.25) is 5.91 Å². The first-order chi connectivity index (χ1) is 18.4. The van der Waals surface area contributed by atoms with E-state index in [0.717, 1.165) is 47.9 Å². The summed E-state index contributed by atoms with van der Waals surface area (Å²) in [6, 6.07) is 22.5. The van der Waals surface area contributed by atoms with Crippen molar-refractivity contribution in [2.45, 2.75) is 71.0 Å². The summed E-state index contributed by atoms with van der Waals surface area (Å²) < 4.78 is 5.93. The van der Waals surface area contributed by atoms with Gasteiger partial charge in [0.1, 0.15) is 11.8 Å². The highest BCUT2D eigenvalue weighted by atomic mass is 35.5. The molecule has 38 heavy (non-hydrogen) atoms. The molecule has 0 heterocycles. The number of carbonyl (C=O) groups excluding carboxylic acids is 2. The van der Waals surface area contributed by atoms with Gasteiger partial charge in [0, 0.05) is 24.0 Å². The fourth-order valence-electron chi connectivity index (χ4n) is 4.92.